The van der Waals surface area contributed by atoms with E-state index in [1.165, 1.54) is 66.8 Å². The molecule has 6 heteroatoms. The summed E-state index contributed by atoms with van der Waals surface area (Å²) < 4.78 is 4.27. The lowest BCUT2D eigenvalue weighted by Crippen LogP contribution is -2.38. The van der Waals surface area contributed by atoms with Crippen molar-refractivity contribution in [2.45, 2.75) is 116 Å². The summed E-state index contributed by atoms with van der Waals surface area (Å²) in [5.74, 6) is 1.55. The molecular formula is C57H60N6+2. The highest BCUT2D eigenvalue weighted by Gasteiger charge is 2.58. The maximum Gasteiger partial charge on any atom is 0.474 e. The number of aromatic nitrogens is 4. The number of rotatable bonds is 4. The lowest BCUT2D eigenvalue weighted by molar-refractivity contribution is -0.520. The number of aromatic amines is 1. The Morgan fingerprint density at radius 3 is 1.35 bits per heavy atom. The Morgan fingerprint density at radius 1 is 0.476 bits per heavy atom. The monoisotopic (exact) mass is 828 g/mol. The molecule has 3 aliphatic rings. The second-order valence-electron chi connectivity index (χ2n) is 22.3. The number of hydrogen-bond acceptors (Lipinski definition) is 3. The lowest BCUT2D eigenvalue weighted by atomic mass is 9.68. The first-order valence-electron chi connectivity index (χ1n) is 22.5. The first-order valence-corrected chi connectivity index (χ1v) is 22.5. The first-order chi connectivity index (χ1) is 29.7. The summed E-state index contributed by atoms with van der Waals surface area (Å²) >= 11 is 0. The molecule has 2 aliphatic carbocycles. The van der Waals surface area contributed by atoms with E-state index in [-0.39, 0.29) is 21.7 Å². The second-order valence-corrected chi connectivity index (χ2v) is 22.3. The van der Waals surface area contributed by atoms with Crippen LogP contribution in [0, 0.1) is 0 Å². The molecule has 10 rings (SSSR count). The molecule has 6 nitrogen and oxygen atoms in total. The van der Waals surface area contributed by atoms with Crippen molar-refractivity contribution in [3.63, 3.8) is 0 Å². The maximum atomic E-state index is 5.08. The molecule has 7 aromatic rings. The van der Waals surface area contributed by atoms with Crippen LogP contribution in [-0.4, -0.2) is 42.4 Å². The quantitative estimate of drug-likeness (QED) is 0.180. The van der Waals surface area contributed by atoms with Crippen LogP contribution in [0.15, 0.2) is 122 Å². The molecule has 1 N–H and O–H groups in total. The highest BCUT2D eigenvalue weighted by atomic mass is 15.3. The molecule has 0 unspecified atom stereocenters. The zero-order valence-corrected chi connectivity index (χ0v) is 39.3. The topological polar surface area (TPSA) is 60.5 Å². The Kier molecular flexibility index (Phi) is 8.68. The molecule has 0 saturated heterocycles. The molecular weight excluding hydrogens is 769 g/mol. The zero-order valence-electron chi connectivity index (χ0n) is 39.3. The normalized spacial score (nSPS) is 15.9. The van der Waals surface area contributed by atoms with Crippen LogP contribution in [0.1, 0.15) is 144 Å². The van der Waals surface area contributed by atoms with Gasteiger partial charge in [-0.05, 0) is 95.0 Å². The van der Waals surface area contributed by atoms with Gasteiger partial charge in [0.05, 0.1) is 17.3 Å². The highest BCUT2D eigenvalue weighted by molar-refractivity contribution is 5.88. The minimum absolute atomic E-state index is 0.0274. The van der Waals surface area contributed by atoms with E-state index in [1.54, 1.807) is 12.4 Å². The average molecular weight is 829 g/mol. The van der Waals surface area contributed by atoms with Gasteiger partial charge in [-0.1, -0.05) is 174 Å². The standard InChI is InChI=1S/C57H60N6/c1-52(2,3)35-17-21-45-41(30-35)42-31-36(53(4,5)6)18-22-46(42)56(45,49-25-26-60-61-49)39-15-14-16-40(29-39)57(63-34-62(13)50-51(63)59-28-27-58-50)47-23-19-37(54(7,8)9)32-43(47)44-33-38(55(10,11)12)20-24-48(44)57/h14-33H,1-13H3,(H,60,61)/q+2. The van der Waals surface area contributed by atoms with Gasteiger partial charge in [-0.2, -0.15) is 10.1 Å². The Morgan fingerprint density at radius 2 is 0.905 bits per heavy atom. The van der Waals surface area contributed by atoms with Gasteiger partial charge in [0.15, 0.2) is 6.20 Å². The summed E-state index contributed by atoms with van der Waals surface area (Å²) in [4.78, 5) is 9.94. The minimum atomic E-state index is -0.866. The van der Waals surface area contributed by atoms with Gasteiger partial charge in [0, 0.05) is 27.9 Å². The third kappa shape index (κ3) is 5.87. The summed E-state index contributed by atoms with van der Waals surface area (Å²) in [7, 11) is 2.02. The van der Waals surface area contributed by atoms with E-state index in [4.69, 9.17) is 9.97 Å². The summed E-state index contributed by atoms with van der Waals surface area (Å²) in [6, 6.07) is 44.0. The fraction of sp³-hybridized carbons (Fsp3) is 0.333. The van der Waals surface area contributed by atoms with Crippen LogP contribution in [-0.2, 0) is 32.6 Å². The van der Waals surface area contributed by atoms with Gasteiger partial charge >= 0.3 is 17.6 Å². The van der Waals surface area contributed by atoms with Crippen molar-refractivity contribution in [2.24, 2.45) is 0 Å². The molecule has 2 aromatic heterocycles. The average Bonchev–Trinajstić information content (AvgIpc) is 4.01. The Hall–Kier alpha value is -6.23. The molecule has 0 spiro atoms. The van der Waals surface area contributed by atoms with E-state index in [1.807, 2.05) is 17.8 Å². The van der Waals surface area contributed by atoms with Gasteiger partial charge in [-0.15, -0.1) is 9.15 Å². The van der Waals surface area contributed by atoms with E-state index >= 15 is 0 Å². The molecule has 0 bridgehead atoms. The molecule has 0 saturated carbocycles. The van der Waals surface area contributed by atoms with Crippen LogP contribution in [0.2, 0.25) is 0 Å². The second kappa shape index (κ2) is 13.4. The predicted octanol–water partition coefficient (Wildman–Crippen LogP) is 12.8. The highest BCUT2D eigenvalue weighted by Crippen LogP contribution is 2.60. The van der Waals surface area contributed by atoms with Gasteiger partial charge in [0.2, 0.25) is 5.54 Å². The summed E-state index contributed by atoms with van der Waals surface area (Å²) in [5, 5.41) is 8.19. The van der Waals surface area contributed by atoms with Crippen LogP contribution < -0.4 is 0 Å². The number of nitrogens with one attached hydrogen (secondary N) is 1. The van der Waals surface area contributed by atoms with E-state index in [2.05, 4.69) is 207 Å². The van der Waals surface area contributed by atoms with Crippen LogP contribution in [0.5, 0.6) is 0 Å². The van der Waals surface area contributed by atoms with Crippen molar-refractivity contribution in [3.05, 3.63) is 183 Å². The summed E-state index contributed by atoms with van der Waals surface area (Å²) in [5.41, 5.74) is 16.7. The van der Waals surface area contributed by atoms with Crippen molar-refractivity contribution in [1.82, 2.24) is 20.2 Å². The van der Waals surface area contributed by atoms with E-state index in [9.17, 15) is 0 Å². The molecule has 1 aliphatic heterocycles. The van der Waals surface area contributed by atoms with Crippen LogP contribution in [0.3, 0.4) is 0 Å². The molecule has 0 fully saturated rings. The number of benzene rings is 5. The van der Waals surface area contributed by atoms with Gasteiger partial charge in [-0.25, -0.2) is 0 Å². The molecule has 0 atom stereocenters. The van der Waals surface area contributed by atoms with Crippen LogP contribution >= 0.6 is 0 Å². The number of hydrogen-bond donors (Lipinski definition) is 1. The summed E-state index contributed by atoms with van der Waals surface area (Å²) in [6.45, 7) is 27.6. The molecule has 3 heterocycles. The minimum Gasteiger partial charge on any atom is -0.281 e. The van der Waals surface area contributed by atoms with Crippen LogP contribution in [0.4, 0.5) is 11.6 Å². The first kappa shape index (κ1) is 40.8. The Balaban J connectivity index is 1.34. The maximum absolute atomic E-state index is 5.08. The van der Waals surface area contributed by atoms with E-state index in [0.717, 1.165) is 28.5 Å². The third-order valence-corrected chi connectivity index (χ3v) is 14.1. The fourth-order valence-corrected chi connectivity index (χ4v) is 10.6. The SMILES string of the molecule is C[N+]1=C=[N+](C2(c3cccc(C4(c5ccn[nH]5)c5ccc(C(C)(C)C)cc5-c5cc(C(C)(C)C)ccc54)c3)c3ccc(C(C)(C)C)cc3-c3cc(C(C)(C)C)ccc32)c2nccnc21. The zero-order chi connectivity index (χ0) is 44.6. The van der Waals surface area contributed by atoms with Gasteiger partial charge in [0.25, 0.3) is 0 Å². The largest absolute Gasteiger partial charge is 0.474 e. The van der Waals surface area contributed by atoms with Gasteiger partial charge in [0.1, 0.15) is 7.05 Å². The molecule has 316 valence electrons. The Bertz CT molecular complexity index is 2970. The van der Waals surface area contributed by atoms with Gasteiger partial charge in [-0.3, -0.25) is 5.10 Å². The number of nitrogens with zero attached hydrogens (tertiary/aromatic N) is 5. The van der Waals surface area contributed by atoms with Crippen molar-refractivity contribution in [1.29, 1.82) is 0 Å². The lowest BCUT2D eigenvalue weighted by Gasteiger charge is -2.35. The van der Waals surface area contributed by atoms with Crippen molar-refractivity contribution in [3.8, 4) is 22.3 Å². The fourth-order valence-electron chi connectivity index (χ4n) is 10.6. The number of H-pyrrole nitrogens is 1. The van der Waals surface area contributed by atoms with Crippen LogP contribution in [0.25, 0.3) is 22.3 Å². The summed E-state index contributed by atoms with van der Waals surface area (Å²) in [6.07, 6.45) is 5.47. The van der Waals surface area contributed by atoms with E-state index in [0.29, 0.717) is 0 Å². The molecule has 5 aromatic carbocycles. The smallest absolute Gasteiger partial charge is 0.281 e. The molecule has 0 amide bonds. The predicted molar refractivity (Wildman–Crippen MR) is 255 cm³/mol. The third-order valence-electron chi connectivity index (χ3n) is 14.1. The number of fused-ring (bicyclic) bond motifs is 7. The van der Waals surface area contributed by atoms with Crippen molar-refractivity contribution >= 4 is 17.6 Å². The van der Waals surface area contributed by atoms with Gasteiger partial charge < -0.3 is 0 Å². The Labute approximate surface area is 373 Å². The molecule has 63 heavy (non-hydrogen) atoms. The van der Waals surface area contributed by atoms with E-state index < -0.39 is 11.0 Å². The van der Waals surface area contributed by atoms with Crippen molar-refractivity contribution < 1.29 is 9.15 Å². The molecule has 0 radical (unpaired) electrons. The van der Waals surface area contributed by atoms with Crippen molar-refractivity contribution in [2.75, 3.05) is 7.05 Å².